The lowest BCUT2D eigenvalue weighted by Gasteiger charge is -2.20. The fraction of sp³-hybridized carbons (Fsp3) is 0.625. The Morgan fingerprint density at radius 2 is 1.72 bits per heavy atom. The highest BCUT2D eigenvalue weighted by Gasteiger charge is 2.12. The monoisotopic (exact) mass is 248 g/mol. The Balaban J connectivity index is 2.48. The molecule has 0 saturated heterocycles. The zero-order chi connectivity index (χ0) is 13.6. The van der Waals surface area contributed by atoms with Gasteiger partial charge in [-0.2, -0.15) is 0 Å². The summed E-state index contributed by atoms with van der Waals surface area (Å²) in [5.41, 5.74) is 3.04. The second-order valence-corrected chi connectivity index (χ2v) is 6.04. The first-order chi connectivity index (χ1) is 8.43. The number of benzene rings is 1. The summed E-state index contributed by atoms with van der Waals surface area (Å²) < 4.78 is 0. The molecule has 1 N–H and O–H groups in total. The molecule has 0 heterocycles. The van der Waals surface area contributed by atoms with Crippen molar-refractivity contribution in [1.29, 1.82) is 0 Å². The van der Waals surface area contributed by atoms with Gasteiger partial charge in [0.15, 0.2) is 0 Å². The van der Waals surface area contributed by atoms with Crippen molar-refractivity contribution in [3.05, 3.63) is 35.4 Å². The van der Waals surface area contributed by atoms with Crippen molar-refractivity contribution in [3.63, 3.8) is 0 Å². The molecular weight excluding hydrogens is 220 g/mol. The smallest absolute Gasteiger partial charge is 0.0231 e. The lowest BCUT2D eigenvalue weighted by Crippen LogP contribution is -2.28. The van der Waals surface area contributed by atoms with E-state index in [1.807, 2.05) is 0 Å². The molecule has 2 nitrogen and oxygen atoms in total. The number of nitrogens with one attached hydrogen (secondary N) is 1. The maximum absolute atomic E-state index is 3.35. The second-order valence-electron chi connectivity index (χ2n) is 6.04. The van der Waals surface area contributed by atoms with Gasteiger partial charge in [0.2, 0.25) is 0 Å². The number of likely N-dealkylation sites (N-methyl/N-ethyl adjacent to an activating group) is 2. The summed E-state index contributed by atoms with van der Waals surface area (Å²) in [4.78, 5) is 2.36. The molecular formula is C16H28N2. The molecule has 1 aromatic carbocycles. The SMILES string of the molecule is CCNCCN(C)Cc1ccc(C(C)(C)C)cc1. The minimum absolute atomic E-state index is 0.246. The molecule has 1 rings (SSSR count). The molecule has 0 fully saturated rings. The van der Waals surface area contributed by atoms with Gasteiger partial charge in [-0.25, -0.2) is 0 Å². The molecule has 102 valence electrons. The van der Waals surface area contributed by atoms with E-state index in [-0.39, 0.29) is 5.41 Å². The van der Waals surface area contributed by atoms with Crippen LogP contribution in [0.4, 0.5) is 0 Å². The summed E-state index contributed by atoms with van der Waals surface area (Å²) in [6, 6.07) is 9.02. The molecule has 1 aromatic rings. The van der Waals surface area contributed by atoms with E-state index in [9.17, 15) is 0 Å². The third kappa shape index (κ3) is 5.19. The van der Waals surface area contributed by atoms with Crippen LogP contribution in [-0.2, 0) is 12.0 Å². The molecule has 0 aliphatic carbocycles. The van der Waals surface area contributed by atoms with Crippen LogP contribution in [0, 0.1) is 0 Å². The zero-order valence-corrected chi connectivity index (χ0v) is 12.6. The van der Waals surface area contributed by atoms with Crippen LogP contribution in [0.2, 0.25) is 0 Å². The largest absolute Gasteiger partial charge is 0.316 e. The van der Waals surface area contributed by atoms with Crippen molar-refractivity contribution in [2.45, 2.75) is 39.7 Å². The van der Waals surface area contributed by atoms with Crippen LogP contribution in [0.5, 0.6) is 0 Å². The molecule has 0 saturated carbocycles. The molecule has 0 spiro atoms. The number of rotatable bonds is 6. The van der Waals surface area contributed by atoms with Gasteiger partial charge in [0.05, 0.1) is 0 Å². The topological polar surface area (TPSA) is 15.3 Å². The normalized spacial score (nSPS) is 12.1. The van der Waals surface area contributed by atoms with Gasteiger partial charge in [-0.15, -0.1) is 0 Å². The Kier molecular flexibility index (Phi) is 5.83. The molecule has 0 aliphatic rings. The average Bonchev–Trinajstić information content (AvgIpc) is 2.29. The summed E-state index contributed by atoms with van der Waals surface area (Å²) in [5, 5.41) is 3.35. The predicted octanol–water partition coefficient (Wildman–Crippen LogP) is 3.03. The third-order valence-corrected chi connectivity index (χ3v) is 3.19. The van der Waals surface area contributed by atoms with Crippen molar-refractivity contribution >= 4 is 0 Å². The fourth-order valence-corrected chi connectivity index (χ4v) is 1.95. The van der Waals surface area contributed by atoms with Crippen molar-refractivity contribution in [2.24, 2.45) is 0 Å². The van der Waals surface area contributed by atoms with E-state index in [2.05, 4.69) is 69.2 Å². The zero-order valence-electron chi connectivity index (χ0n) is 12.6. The molecule has 0 unspecified atom stereocenters. The standard InChI is InChI=1S/C16H28N2/c1-6-17-11-12-18(5)13-14-7-9-15(10-8-14)16(2,3)4/h7-10,17H,6,11-13H2,1-5H3. The Morgan fingerprint density at radius 3 is 2.22 bits per heavy atom. The van der Waals surface area contributed by atoms with Gasteiger partial charge in [0.25, 0.3) is 0 Å². The Labute approximate surface area is 112 Å². The highest BCUT2D eigenvalue weighted by Crippen LogP contribution is 2.22. The average molecular weight is 248 g/mol. The molecule has 0 aromatic heterocycles. The second kappa shape index (κ2) is 6.91. The lowest BCUT2D eigenvalue weighted by molar-refractivity contribution is 0.325. The van der Waals surface area contributed by atoms with Crippen LogP contribution < -0.4 is 5.32 Å². The highest BCUT2D eigenvalue weighted by atomic mass is 15.1. The summed E-state index contributed by atoms with van der Waals surface area (Å²) >= 11 is 0. The maximum Gasteiger partial charge on any atom is 0.0231 e. The minimum Gasteiger partial charge on any atom is -0.316 e. The number of hydrogen-bond acceptors (Lipinski definition) is 2. The maximum atomic E-state index is 3.35. The van der Waals surface area contributed by atoms with Crippen molar-refractivity contribution in [3.8, 4) is 0 Å². The predicted molar refractivity (Wildman–Crippen MR) is 80.0 cm³/mol. The molecule has 18 heavy (non-hydrogen) atoms. The molecule has 2 heteroatoms. The van der Waals surface area contributed by atoms with Crippen LogP contribution >= 0.6 is 0 Å². The molecule has 0 atom stereocenters. The van der Waals surface area contributed by atoms with Gasteiger partial charge in [-0.05, 0) is 30.1 Å². The van der Waals surface area contributed by atoms with Crippen LogP contribution in [0.15, 0.2) is 24.3 Å². The van der Waals surface area contributed by atoms with Crippen LogP contribution in [-0.4, -0.2) is 31.6 Å². The van der Waals surface area contributed by atoms with Gasteiger partial charge in [0, 0.05) is 19.6 Å². The first kappa shape index (κ1) is 15.2. The Hall–Kier alpha value is -0.860. The van der Waals surface area contributed by atoms with E-state index in [1.54, 1.807) is 0 Å². The van der Waals surface area contributed by atoms with E-state index < -0.39 is 0 Å². The van der Waals surface area contributed by atoms with E-state index >= 15 is 0 Å². The first-order valence-electron chi connectivity index (χ1n) is 6.92. The highest BCUT2D eigenvalue weighted by molar-refractivity contribution is 5.27. The molecule has 0 radical (unpaired) electrons. The van der Waals surface area contributed by atoms with E-state index in [0.29, 0.717) is 0 Å². The fourth-order valence-electron chi connectivity index (χ4n) is 1.95. The lowest BCUT2D eigenvalue weighted by atomic mass is 9.87. The Morgan fingerprint density at radius 1 is 1.11 bits per heavy atom. The van der Waals surface area contributed by atoms with Gasteiger partial charge in [0.1, 0.15) is 0 Å². The van der Waals surface area contributed by atoms with Gasteiger partial charge < -0.3 is 10.2 Å². The van der Waals surface area contributed by atoms with Crippen molar-refractivity contribution in [1.82, 2.24) is 10.2 Å². The van der Waals surface area contributed by atoms with Crippen molar-refractivity contribution < 1.29 is 0 Å². The molecule has 0 amide bonds. The van der Waals surface area contributed by atoms with Crippen molar-refractivity contribution in [2.75, 3.05) is 26.7 Å². The van der Waals surface area contributed by atoms with Gasteiger partial charge in [-0.1, -0.05) is 52.0 Å². The minimum atomic E-state index is 0.246. The van der Waals surface area contributed by atoms with E-state index in [4.69, 9.17) is 0 Å². The number of hydrogen-bond donors (Lipinski definition) is 1. The Bertz CT molecular complexity index is 335. The van der Waals surface area contributed by atoms with Crippen LogP contribution in [0.1, 0.15) is 38.8 Å². The molecule has 0 bridgehead atoms. The van der Waals surface area contributed by atoms with Gasteiger partial charge in [-0.3, -0.25) is 0 Å². The third-order valence-electron chi connectivity index (χ3n) is 3.19. The van der Waals surface area contributed by atoms with Crippen LogP contribution in [0.3, 0.4) is 0 Å². The number of nitrogens with zero attached hydrogens (tertiary/aromatic N) is 1. The first-order valence-corrected chi connectivity index (χ1v) is 6.92. The quantitative estimate of drug-likeness (QED) is 0.779. The van der Waals surface area contributed by atoms with Crippen LogP contribution in [0.25, 0.3) is 0 Å². The summed E-state index contributed by atoms with van der Waals surface area (Å²) in [6.45, 7) is 13.1. The summed E-state index contributed by atoms with van der Waals surface area (Å²) in [6.07, 6.45) is 0. The molecule has 0 aliphatic heterocycles. The summed E-state index contributed by atoms with van der Waals surface area (Å²) in [5.74, 6) is 0. The van der Waals surface area contributed by atoms with E-state index in [0.717, 1.165) is 26.2 Å². The van der Waals surface area contributed by atoms with Gasteiger partial charge >= 0.3 is 0 Å². The summed E-state index contributed by atoms with van der Waals surface area (Å²) in [7, 11) is 2.18. The van der Waals surface area contributed by atoms with E-state index in [1.165, 1.54) is 11.1 Å².